The van der Waals surface area contributed by atoms with Crippen molar-refractivity contribution < 1.29 is 14.0 Å². The van der Waals surface area contributed by atoms with E-state index in [0.29, 0.717) is 18.8 Å². The number of benzene rings is 1. The van der Waals surface area contributed by atoms with E-state index in [1.165, 1.54) is 12.1 Å². The van der Waals surface area contributed by atoms with E-state index < -0.39 is 0 Å². The standard InChI is InChI=1S/C16H22FN3O2/c1-3-4-9-19(2)16(22)18-13-10-15(21)20(11-13)14-7-5-12(17)6-8-14/h5-8,13H,3-4,9-11H2,1-2H3,(H,18,22). The van der Waals surface area contributed by atoms with Crippen LogP contribution in [0.25, 0.3) is 0 Å². The van der Waals surface area contributed by atoms with Gasteiger partial charge in [-0.05, 0) is 30.7 Å². The van der Waals surface area contributed by atoms with Crippen molar-refractivity contribution in [3.63, 3.8) is 0 Å². The number of rotatable bonds is 5. The van der Waals surface area contributed by atoms with Crippen molar-refractivity contribution in [2.24, 2.45) is 0 Å². The topological polar surface area (TPSA) is 52.7 Å². The SMILES string of the molecule is CCCCN(C)C(=O)NC1CC(=O)N(c2ccc(F)cc2)C1. The number of hydrogen-bond acceptors (Lipinski definition) is 2. The number of nitrogens with zero attached hydrogens (tertiary/aromatic N) is 2. The predicted octanol–water partition coefficient (Wildman–Crippen LogP) is 2.37. The molecule has 1 unspecified atom stereocenters. The minimum Gasteiger partial charge on any atom is -0.333 e. The number of nitrogens with one attached hydrogen (secondary N) is 1. The molecule has 1 N–H and O–H groups in total. The molecule has 1 fully saturated rings. The highest BCUT2D eigenvalue weighted by atomic mass is 19.1. The summed E-state index contributed by atoms with van der Waals surface area (Å²) in [6, 6.07) is 5.43. The van der Waals surface area contributed by atoms with Crippen LogP contribution in [0.1, 0.15) is 26.2 Å². The molecule has 1 heterocycles. The normalized spacial score (nSPS) is 17.7. The third-order valence-electron chi connectivity index (χ3n) is 3.78. The van der Waals surface area contributed by atoms with Crippen LogP contribution < -0.4 is 10.2 Å². The maximum absolute atomic E-state index is 12.9. The lowest BCUT2D eigenvalue weighted by molar-refractivity contribution is -0.117. The highest BCUT2D eigenvalue weighted by Gasteiger charge is 2.32. The van der Waals surface area contributed by atoms with Gasteiger partial charge in [0.05, 0.1) is 6.04 Å². The number of amides is 3. The Morgan fingerprint density at radius 1 is 1.41 bits per heavy atom. The molecule has 0 saturated carbocycles. The van der Waals surface area contributed by atoms with Crippen molar-refractivity contribution in [1.82, 2.24) is 10.2 Å². The molecule has 0 aromatic heterocycles. The summed E-state index contributed by atoms with van der Waals surface area (Å²) in [5.74, 6) is -0.397. The Morgan fingerprint density at radius 2 is 2.09 bits per heavy atom. The Hall–Kier alpha value is -2.11. The molecule has 120 valence electrons. The lowest BCUT2D eigenvalue weighted by atomic mass is 10.2. The van der Waals surface area contributed by atoms with Crippen LogP contribution >= 0.6 is 0 Å². The van der Waals surface area contributed by atoms with Crippen LogP contribution in [0, 0.1) is 5.82 Å². The Bertz CT molecular complexity index is 533. The first-order valence-electron chi connectivity index (χ1n) is 7.58. The van der Waals surface area contributed by atoms with Crippen molar-refractivity contribution in [3.05, 3.63) is 30.1 Å². The quantitative estimate of drug-likeness (QED) is 0.908. The lowest BCUT2D eigenvalue weighted by Crippen LogP contribution is -2.44. The summed E-state index contributed by atoms with van der Waals surface area (Å²) in [5.41, 5.74) is 0.655. The van der Waals surface area contributed by atoms with Gasteiger partial charge in [0.25, 0.3) is 0 Å². The van der Waals surface area contributed by atoms with Crippen LogP contribution in [0.4, 0.5) is 14.9 Å². The molecule has 1 atom stereocenters. The predicted molar refractivity (Wildman–Crippen MR) is 83.2 cm³/mol. The first-order valence-corrected chi connectivity index (χ1v) is 7.58. The summed E-state index contributed by atoms with van der Waals surface area (Å²) in [4.78, 5) is 27.3. The van der Waals surface area contributed by atoms with Crippen LogP contribution in [0.2, 0.25) is 0 Å². The summed E-state index contributed by atoms with van der Waals surface area (Å²) < 4.78 is 12.9. The zero-order valence-electron chi connectivity index (χ0n) is 13.0. The zero-order valence-corrected chi connectivity index (χ0v) is 13.0. The molecule has 5 nitrogen and oxygen atoms in total. The van der Waals surface area contributed by atoms with Crippen molar-refractivity contribution >= 4 is 17.6 Å². The fourth-order valence-electron chi connectivity index (χ4n) is 2.46. The summed E-state index contributed by atoms with van der Waals surface area (Å²) in [6.45, 7) is 3.18. The van der Waals surface area contributed by atoms with Crippen LogP contribution in [0.5, 0.6) is 0 Å². The van der Waals surface area contributed by atoms with Crippen LogP contribution in [0.15, 0.2) is 24.3 Å². The van der Waals surface area contributed by atoms with Gasteiger partial charge in [0.1, 0.15) is 5.82 Å². The monoisotopic (exact) mass is 307 g/mol. The van der Waals surface area contributed by atoms with E-state index in [4.69, 9.17) is 0 Å². The summed E-state index contributed by atoms with van der Waals surface area (Å²) in [5, 5.41) is 2.88. The molecule has 1 aromatic carbocycles. The first kappa shape index (κ1) is 16.3. The molecule has 2 rings (SSSR count). The summed E-state index contributed by atoms with van der Waals surface area (Å²) in [6.07, 6.45) is 2.25. The van der Waals surface area contributed by atoms with E-state index in [0.717, 1.165) is 12.8 Å². The van der Waals surface area contributed by atoms with Crippen LogP contribution in [-0.4, -0.2) is 43.0 Å². The largest absolute Gasteiger partial charge is 0.333 e. The van der Waals surface area contributed by atoms with Gasteiger partial charge >= 0.3 is 6.03 Å². The van der Waals surface area contributed by atoms with E-state index >= 15 is 0 Å². The number of carbonyl (C=O) groups is 2. The number of halogens is 1. The lowest BCUT2D eigenvalue weighted by Gasteiger charge is -2.21. The van der Waals surface area contributed by atoms with Gasteiger partial charge in [-0.15, -0.1) is 0 Å². The third-order valence-corrected chi connectivity index (χ3v) is 3.78. The Labute approximate surface area is 130 Å². The van der Waals surface area contributed by atoms with Gasteiger partial charge in [-0.1, -0.05) is 13.3 Å². The molecule has 1 aliphatic heterocycles. The Balaban J connectivity index is 1.92. The van der Waals surface area contributed by atoms with Gasteiger partial charge in [-0.3, -0.25) is 4.79 Å². The highest BCUT2D eigenvalue weighted by Crippen LogP contribution is 2.21. The Morgan fingerprint density at radius 3 is 2.73 bits per heavy atom. The highest BCUT2D eigenvalue weighted by molar-refractivity contribution is 5.96. The molecular weight excluding hydrogens is 285 g/mol. The summed E-state index contributed by atoms with van der Waals surface area (Å²) >= 11 is 0. The number of carbonyl (C=O) groups excluding carboxylic acids is 2. The fourth-order valence-corrected chi connectivity index (χ4v) is 2.46. The Kier molecular flexibility index (Phi) is 5.35. The average molecular weight is 307 g/mol. The third kappa shape index (κ3) is 3.96. The van der Waals surface area contributed by atoms with Gasteiger partial charge in [-0.2, -0.15) is 0 Å². The second-order valence-corrected chi connectivity index (χ2v) is 5.61. The van der Waals surface area contributed by atoms with Gasteiger partial charge in [-0.25, -0.2) is 9.18 Å². The van der Waals surface area contributed by atoms with E-state index in [1.807, 2.05) is 0 Å². The van der Waals surface area contributed by atoms with Crippen molar-refractivity contribution in [2.45, 2.75) is 32.2 Å². The van der Waals surface area contributed by atoms with E-state index in [2.05, 4.69) is 12.2 Å². The van der Waals surface area contributed by atoms with E-state index in [1.54, 1.807) is 29.0 Å². The number of hydrogen-bond donors (Lipinski definition) is 1. The number of anilines is 1. The minimum atomic E-state index is -0.335. The number of urea groups is 1. The average Bonchev–Trinajstić information content (AvgIpc) is 2.86. The van der Waals surface area contributed by atoms with Crippen LogP contribution in [-0.2, 0) is 4.79 Å². The molecule has 0 bridgehead atoms. The van der Waals surface area contributed by atoms with Crippen molar-refractivity contribution in [1.29, 1.82) is 0 Å². The molecule has 1 saturated heterocycles. The molecule has 0 aliphatic carbocycles. The van der Waals surface area contributed by atoms with Crippen molar-refractivity contribution in [3.8, 4) is 0 Å². The molecular formula is C16H22FN3O2. The second-order valence-electron chi connectivity index (χ2n) is 5.61. The van der Waals surface area contributed by atoms with Gasteiger partial charge in [0.15, 0.2) is 0 Å². The molecule has 6 heteroatoms. The van der Waals surface area contributed by atoms with Gasteiger partial charge in [0.2, 0.25) is 5.91 Å². The molecule has 22 heavy (non-hydrogen) atoms. The molecule has 0 spiro atoms. The van der Waals surface area contributed by atoms with E-state index in [-0.39, 0.29) is 30.2 Å². The molecule has 0 radical (unpaired) electrons. The maximum atomic E-state index is 12.9. The van der Waals surface area contributed by atoms with Crippen molar-refractivity contribution in [2.75, 3.05) is 25.0 Å². The first-order chi connectivity index (χ1) is 10.5. The van der Waals surface area contributed by atoms with Crippen LogP contribution in [0.3, 0.4) is 0 Å². The summed E-state index contributed by atoms with van der Waals surface area (Å²) in [7, 11) is 1.75. The fraction of sp³-hybridized carbons (Fsp3) is 0.500. The minimum absolute atomic E-state index is 0.0619. The van der Waals surface area contributed by atoms with E-state index in [9.17, 15) is 14.0 Å². The second kappa shape index (κ2) is 7.24. The number of unbranched alkanes of at least 4 members (excludes halogenated alkanes) is 1. The zero-order chi connectivity index (χ0) is 16.1. The molecule has 1 aromatic rings. The van der Waals surface area contributed by atoms with Gasteiger partial charge < -0.3 is 15.1 Å². The maximum Gasteiger partial charge on any atom is 0.317 e. The molecule has 3 amide bonds. The smallest absolute Gasteiger partial charge is 0.317 e. The van der Waals surface area contributed by atoms with Gasteiger partial charge in [0, 0.05) is 32.2 Å². The molecule has 1 aliphatic rings.